The van der Waals surface area contributed by atoms with Crippen LogP contribution in [-0.2, 0) is 9.53 Å². The van der Waals surface area contributed by atoms with Crippen molar-refractivity contribution in [3.8, 4) is 0 Å². The average Bonchev–Trinajstić information content (AvgIpc) is 2.30. The lowest BCUT2D eigenvalue weighted by Crippen LogP contribution is -2.56. The molecule has 86 valence electrons. The van der Waals surface area contributed by atoms with Crippen LogP contribution >= 0.6 is 11.8 Å². The second kappa shape index (κ2) is 5.18. The van der Waals surface area contributed by atoms with Crippen molar-refractivity contribution in [2.75, 3.05) is 37.8 Å². The van der Waals surface area contributed by atoms with E-state index < -0.39 is 0 Å². The summed E-state index contributed by atoms with van der Waals surface area (Å²) in [5.41, 5.74) is 0. The van der Waals surface area contributed by atoms with Crippen LogP contribution in [0.25, 0.3) is 0 Å². The third-order valence-electron chi connectivity index (χ3n) is 2.87. The summed E-state index contributed by atoms with van der Waals surface area (Å²) in [5.74, 6) is 2.27. The molecule has 5 heteroatoms. The van der Waals surface area contributed by atoms with E-state index in [1.807, 2.05) is 23.6 Å². The molecule has 2 unspecified atom stereocenters. The summed E-state index contributed by atoms with van der Waals surface area (Å²) < 4.78 is 5.33. The minimum atomic E-state index is 0.0179. The zero-order chi connectivity index (χ0) is 10.7. The first kappa shape index (κ1) is 11.2. The minimum Gasteiger partial charge on any atom is -0.377 e. The molecule has 2 saturated heterocycles. The van der Waals surface area contributed by atoms with E-state index in [4.69, 9.17) is 4.74 Å². The fourth-order valence-corrected chi connectivity index (χ4v) is 2.90. The van der Waals surface area contributed by atoms with Gasteiger partial charge in [-0.3, -0.25) is 4.79 Å². The van der Waals surface area contributed by atoms with Gasteiger partial charge in [-0.15, -0.1) is 0 Å². The molecule has 0 aromatic carbocycles. The maximum absolute atomic E-state index is 12.2. The van der Waals surface area contributed by atoms with Gasteiger partial charge in [0.05, 0.1) is 25.3 Å². The van der Waals surface area contributed by atoms with Gasteiger partial charge in [-0.25, -0.2) is 0 Å². The van der Waals surface area contributed by atoms with Crippen LogP contribution in [0.2, 0.25) is 0 Å². The number of carbonyl (C=O) groups excluding carboxylic acids is 1. The molecule has 15 heavy (non-hydrogen) atoms. The number of hydrogen-bond donors (Lipinski definition) is 1. The predicted molar refractivity (Wildman–Crippen MR) is 61.1 cm³/mol. The molecule has 0 radical (unpaired) electrons. The van der Waals surface area contributed by atoms with Crippen LogP contribution in [0.4, 0.5) is 0 Å². The van der Waals surface area contributed by atoms with E-state index in [-0.39, 0.29) is 18.0 Å². The Labute approximate surface area is 94.7 Å². The third-order valence-corrected chi connectivity index (χ3v) is 3.93. The van der Waals surface area contributed by atoms with Gasteiger partial charge in [0.25, 0.3) is 0 Å². The first-order valence-corrected chi connectivity index (χ1v) is 6.64. The molecule has 2 fully saturated rings. The molecule has 1 N–H and O–H groups in total. The van der Waals surface area contributed by atoms with Crippen molar-refractivity contribution in [3.05, 3.63) is 0 Å². The molecule has 1 amide bonds. The van der Waals surface area contributed by atoms with Crippen LogP contribution in [0.3, 0.4) is 0 Å². The van der Waals surface area contributed by atoms with Crippen LogP contribution in [0.15, 0.2) is 0 Å². The number of rotatable bonds is 1. The monoisotopic (exact) mass is 230 g/mol. The highest BCUT2D eigenvalue weighted by atomic mass is 32.2. The Balaban J connectivity index is 1.92. The summed E-state index contributed by atoms with van der Waals surface area (Å²) in [7, 11) is 0. The number of nitrogens with zero attached hydrogens (tertiary/aromatic N) is 1. The quantitative estimate of drug-likeness (QED) is 0.685. The summed E-state index contributed by atoms with van der Waals surface area (Å²) in [6, 6.07) is 0.240. The Morgan fingerprint density at radius 2 is 2.47 bits per heavy atom. The highest BCUT2D eigenvalue weighted by Gasteiger charge is 2.30. The van der Waals surface area contributed by atoms with E-state index in [2.05, 4.69) is 5.32 Å². The van der Waals surface area contributed by atoms with Crippen molar-refractivity contribution >= 4 is 17.7 Å². The Morgan fingerprint density at radius 1 is 1.60 bits per heavy atom. The van der Waals surface area contributed by atoms with Crippen LogP contribution in [0.1, 0.15) is 6.92 Å². The van der Waals surface area contributed by atoms with E-state index in [1.165, 1.54) is 0 Å². The highest BCUT2D eigenvalue weighted by molar-refractivity contribution is 7.99. The number of carbonyl (C=O) groups is 1. The largest absolute Gasteiger partial charge is 0.377 e. The molecule has 0 spiro atoms. The lowest BCUT2D eigenvalue weighted by molar-refractivity contribution is -0.140. The maximum Gasteiger partial charge on any atom is 0.240 e. The lowest BCUT2D eigenvalue weighted by Gasteiger charge is -2.36. The van der Waals surface area contributed by atoms with Gasteiger partial charge in [0.2, 0.25) is 5.91 Å². The third kappa shape index (κ3) is 2.65. The van der Waals surface area contributed by atoms with Crippen LogP contribution in [-0.4, -0.2) is 60.7 Å². The molecular weight excluding hydrogens is 212 g/mol. The highest BCUT2D eigenvalue weighted by Crippen LogP contribution is 2.13. The van der Waals surface area contributed by atoms with Crippen molar-refractivity contribution in [2.24, 2.45) is 0 Å². The summed E-state index contributed by atoms with van der Waals surface area (Å²) in [6.07, 6.45) is 0. The molecule has 0 aromatic heterocycles. The van der Waals surface area contributed by atoms with Gasteiger partial charge in [-0.2, -0.15) is 11.8 Å². The molecule has 2 rings (SSSR count). The van der Waals surface area contributed by atoms with E-state index >= 15 is 0 Å². The number of ether oxygens (including phenoxy) is 1. The second-order valence-corrected chi connectivity index (χ2v) is 5.19. The molecule has 2 atom stereocenters. The van der Waals surface area contributed by atoms with Gasteiger partial charge >= 0.3 is 0 Å². The minimum absolute atomic E-state index is 0.0179. The molecule has 2 aliphatic heterocycles. The topological polar surface area (TPSA) is 41.6 Å². The number of nitrogens with one attached hydrogen (secondary N) is 1. The van der Waals surface area contributed by atoms with Crippen molar-refractivity contribution in [3.63, 3.8) is 0 Å². The number of morpholine rings is 1. The fraction of sp³-hybridized carbons (Fsp3) is 0.900. The number of amides is 1. The SMILES string of the molecule is CC1COCCN1C(=O)C1CSCCN1. The van der Waals surface area contributed by atoms with Gasteiger partial charge in [0.15, 0.2) is 0 Å². The van der Waals surface area contributed by atoms with Crippen molar-refractivity contribution < 1.29 is 9.53 Å². The summed E-state index contributed by atoms with van der Waals surface area (Å²) in [6.45, 7) is 5.08. The predicted octanol–water partition coefficient (Wildman–Crippen LogP) is -0.0613. The zero-order valence-corrected chi connectivity index (χ0v) is 9.89. The molecule has 0 aromatic rings. The van der Waals surface area contributed by atoms with E-state index in [9.17, 15) is 4.79 Å². The summed E-state index contributed by atoms with van der Waals surface area (Å²) in [4.78, 5) is 14.1. The van der Waals surface area contributed by atoms with Crippen LogP contribution in [0, 0.1) is 0 Å². The number of thioether (sulfide) groups is 1. The van der Waals surface area contributed by atoms with Gasteiger partial charge < -0.3 is 15.0 Å². The fourth-order valence-electron chi connectivity index (χ4n) is 1.98. The van der Waals surface area contributed by atoms with Crippen molar-refractivity contribution in [2.45, 2.75) is 19.0 Å². The first-order chi connectivity index (χ1) is 7.29. The van der Waals surface area contributed by atoms with E-state index in [0.29, 0.717) is 13.2 Å². The van der Waals surface area contributed by atoms with E-state index in [0.717, 1.165) is 24.6 Å². The Kier molecular flexibility index (Phi) is 3.88. The second-order valence-electron chi connectivity index (χ2n) is 4.04. The van der Waals surface area contributed by atoms with Gasteiger partial charge in [0, 0.05) is 24.6 Å². The molecule has 0 saturated carbocycles. The summed E-state index contributed by atoms with van der Waals surface area (Å²) in [5, 5.41) is 3.28. The van der Waals surface area contributed by atoms with E-state index in [1.54, 1.807) is 0 Å². The van der Waals surface area contributed by atoms with Gasteiger partial charge in [-0.05, 0) is 6.92 Å². The zero-order valence-electron chi connectivity index (χ0n) is 9.07. The van der Waals surface area contributed by atoms with Crippen LogP contribution < -0.4 is 5.32 Å². The standard InChI is InChI=1S/C10H18N2O2S/c1-8-6-14-4-3-12(8)10(13)9-7-15-5-2-11-9/h8-9,11H,2-7H2,1H3. The normalized spacial score (nSPS) is 32.7. The van der Waals surface area contributed by atoms with Crippen LogP contribution in [0.5, 0.6) is 0 Å². The lowest BCUT2D eigenvalue weighted by atomic mass is 10.2. The Bertz CT molecular complexity index is 231. The van der Waals surface area contributed by atoms with Crippen molar-refractivity contribution in [1.29, 1.82) is 0 Å². The van der Waals surface area contributed by atoms with Gasteiger partial charge in [-0.1, -0.05) is 0 Å². The molecule has 2 aliphatic rings. The Hall–Kier alpha value is -0.260. The average molecular weight is 230 g/mol. The molecular formula is C10H18N2O2S. The first-order valence-electron chi connectivity index (χ1n) is 5.48. The maximum atomic E-state index is 12.2. The molecule has 2 heterocycles. The smallest absolute Gasteiger partial charge is 0.240 e. The molecule has 4 nitrogen and oxygen atoms in total. The molecule has 0 bridgehead atoms. The van der Waals surface area contributed by atoms with Gasteiger partial charge in [0.1, 0.15) is 0 Å². The Morgan fingerprint density at radius 3 is 3.13 bits per heavy atom. The number of hydrogen-bond acceptors (Lipinski definition) is 4. The summed E-state index contributed by atoms with van der Waals surface area (Å²) >= 11 is 1.86. The van der Waals surface area contributed by atoms with Crippen molar-refractivity contribution in [1.82, 2.24) is 10.2 Å². The molecule has 0 aliphatic carbocycles.